The molecule has 0 atom stereocenters. The molecule has 0 N–H and O–H groups in total. The van der Waals surface area contributed by atoms with Gasteiger partial charge in [0.05, 0.1) is 0 Å². The highest BCUT2D eigenvalue weighted by atomic mass is 13.8. The third-order valence-corrected chi connectivity index (χ3v) is 0.843. The van der Waals surface area contributed by atoms with Crippen molar-refractivity contribution in [1.29, 1.82) is 0 Å². The number of hydrogen-bond donors (Lipinski definition) is 0. The lowest BCUT2D eigenvalue weighted by Gasteiger charge is -1.82. The predicted octanol–water partition coefficient (Wildman–Crippen LogP) is 2.00. The maximum atomic E-state index is 6.94. The molecule has 0 aliphatic carbocycles. The van der Waals surface area contributed by atoms with Crippen molar-refractivity contribution < 1.29 is 1.37 Å². The monoisotopic (exact) mass is 94.1 g/mol. The van der Waals surface area contributed by atoms with Gasteiger partial charge in [-0.2, -0.15) is 0 Å². The SMILES string of the molecule is [3H]Cc1ccccc1. The lowest BCUT2D eigenvalue weighted by Crippen LogP contribution is -1.62. The molecule has 0 saturated heterocycles. The van der Waals surface area contributed by atoms with Crippen molar-refractivity contribution in [2.75, 3.05) is 0 Å². The highest BCUT2D eigenvalue weighted by Crippen LogP contribution is 1.92. The first-order valence-electron chi connectivity index (χ1n) is 2.97. The minimum atomic E-state index is 0.390. The summed E-state index contributed by atoms with van der Waals surface area (Å²) in [6, 6.07) is 9.76. The van der Waals surface area contributed by atoms with Gasteiger partial charge < -0.3 is 0 Å². The van der Waals surface area contributed by atoms with Gasteiger partial charge in [-0.05, 0) is 6.90 Å². The van der Waals surface area contributed by atoms with Gasteiger partial charge >= 0.3 is 0 Å². The highest BCUT2D eigenvalue weighted by molar-refractivity contribution is 5.11. The molecule has 0 nitrogen and oxygen atoms in total. The third-order valence-electron chi connectivity index (χ3n) is 0.843. The van der Waals surface area contributed by atoms with E-state index in [0.29, 0.717) is 6.90 Å². The van der Waals surface area contributed by atoms with Crippen LogP contribution < -0.4 is 0 Å². The minimum Gasteiger partial charge on any atom is -0.0622 e. The first-order chi connectivity index (χ1) is 3.93. The van der Waals surface area contributed by atoms with Crippen molar-refractivity contribution in [2.24, 2.45) is 0 Å². The van der Waals surface area contributed by atoms with Gasteiger partial charge in [-0.15, -0.1) is 0 Å². The molecule has 0 aliphatic rings. The van der Waals surface area contributed by atoms with Gasteiger partial charge in [-0.25, -0.2) is 0 Å². The van der Waals surface area contributed by atoms with Crippen LogP contribution in [0.3, 0.4) is 0 Å². The van der Waals surface area contributed by atoms with Crippen molar-refractivity contribution in [3.05, 3.63) is 35.9 Å². The predicted molar refractivity (Wildman–Crippen MR) is 31.2 cm³/mol. The van der Waals surface area contributed by atoms with Gasteiger partial charge in [0.25, 0.3) is 0 Å². The fourth-order valence-electron chi connectivity index (χ4n) is 0.478. The summed E-state index contributed by atoms with van der Waals surface area (Å²) in [6.07, 6.45) is 0. The van der Waals surface area contributed by atoms with E-state index < -0.39 is 0 Å². The number of benzene rings is 1. The fraction of sp³-hybridized carbons (Fsp3) is 0.143. The average molecular weight is 94.1 g/mol. The Kier molecular flexibility index (Phi) is 0.828. The summed E-state index contributed by atoms with van der Waals surface area (Å²) < 4.78 is 6.94. The van der Waals surface area contributed by atoms with E-state index in [1.54, 1.807) is 0 Å². The van der Waals surface area contributed by atoms with E-state index in [4.69, 9.17) is 1.37 Å². The maximum absolute atomic E-state index is 6.94. The van der Waals surface area contributed by atoms with Gasteiger partial charge in [0.1, 0.15) is 0 Å². The molecule has 0 bridgehead atoms. The minimum absolute atomic E-state index is 0.390. The molecule has 0 saturated carbocycles. The van der Waals surface area contributed by atoms with Crippen LogP contribution in [0.1, 0.15) is 6.93 Å². The summed E-state index contributed by atoms with van der Waals surface area (Å²) >= 11 is 0. The quantitative estimate of drug-likeness (QED) is 0.461. The molecule has 1 rings (SSSR count). The second-order valence-corrected chi connectivity index (χ2v) is 1.49. The van der Waals surface area contributed by atoms with Crippen LogP contribution in [-0.4, -0.2) is 0 Å². The van der Waals surface area contributed by atoms with Gasteiger partial charge in [-0.3, -0.25) is 0 Å². The Balaban J connectivity index is 2.83. The van der Waals surface area contributed by atoms with Crippen LogP contribution in [0, 0.1) is 6.90 Å². The maximum Gasteiger partial charge on any atom is 0.0280 e. The molecule has 1 aromatic rings. The molecular formula is C7H8. The van der Waals surface area contributed by atoms with E-state index in [1.807, 2.05) is 30.3 Å². The zero-order valence-corrected chi connectivity index (χ0v) is 4.09. The molecule has 0 unspecified atom stereocenters. The van der Waals surface area contributed by atoms with Crippen LogP contribution in [0.4, 0.5) is 0 Å². The molecule has 0 heteroatoms. The summed E-state index contributed by atoms with van der Waals surface area (Å²) in [4.78, 5) is 0. The molecule has 0 spiro atoms. The van der Waals surface area contributed by atoms with Crippen molar-refractivity contribution >= 4 is 0 Å². The normalized spacial score (nSPS) is 10.6. The Bertz CT molecular complexity index is 146. The Hall–Kier alpha value is -0.780. The Morgan fingerprint density at radius 3 is 2.43 bits per heavy atom. The molecule has 0 fully saturated rings. The molecule has 0 amide bonds. The highest BCUT2D eigenvalue weighted by Gasteiger charge is 1.72. The standard InChI is InChI=1S/C7H8/c1-7-5-3-2-4-6-7/h2-6H,1H3/i1T. The molecule has 0 radical (unpaired) electrons. The van der Waals surface area contributed by atoms with Crippen molar-refractivity contribution in [3.8, 4) is 0 Å². The fourth-order valence-corrected chi connectivity index (χ4v) is 0.478. The molecule has 1 aromatic carbocycles. The topological polar surface area (TPSA) is 0 Å². The molecule has 0 aromatic heterocycles. The van der Waals surface area contributed by atoms with E-state index in [2.05, 4.69) is 0 Å². The zero-order valence-electron chi connectivity index (χ0n) is 5.09. The lowest BCUT2D eigenvalue weighted by atomic mass is 10.2. The van der Waals surface area contributed by atoms with E-state index >= 15 is 0 Å². The molecule has 7 heavy (non-hydrogen) atoms. The van der Waals surface area contributed by atoms with Crippen LogP contribution in [0.25, 0.3) is 0 Å². The Labute approximate surface area is 45.2 Å². The van der Waals surface area contributed by atoms with Crippen LogP contribution >= 0.6 is 0 Å². The van der Waals surface area contributed by atoms with Crippen molar-refractivity contribution in [3.63, 3.8) is 0 Å². The summed E-state index contributed by atoms with van der Waals surface area (Å²) in [5.74, 6) is 0. The van der Waals surface area contributed by atoms with Gasteiger partial charge in [-0.1, -0.05) is 35.9 Å². The van der Waals surface area contributed by atoms with Crippen LogP contribution in [0.2, 0.25) is 0 Å². The van der Waals surface area contributed by atoms with E-state index in [1.165, 1.54) is 0 Å². The van der Waals surface area contributed by atoms with Gasteiger partial charge in [0, 0.05) is 1.37 Å². The first kappa shape index (κ1) is 3.25. The lowest BCUT2D eigenvalue weighted by molar-refractivity contribution is 1.48. The van der Waals surface area contributed by atoms with Gasteiger partial charge in [0.2, 0.25) is 0 Å². The van der Waals surface area contributed by atoms with Crippen molar-refractivity contribution in [2.45, 2.75) is 6.90 Å². The number of hydrogen-bond acceptors (Lipinski definition) is 0. The van der Waals surface area contributed by atoms with Gasteiger partial charge in [0.15, 0.2) is 0 Å². The zero-order chi connectivity index (χ0) is 5.82. The number of aryl methyl sites for hydroxylation is 1. The second kappa shape index (κ2) is 1.78. The average Bonchev–Trinajstić information content (AvgIpc) is 1.90. The Morgan fingerprint density at radius 2 is 2.00 bits per heavy atom. The Morgan fingerprint density at radius 1 is 1.29 bits per heavy atom. The van der Waals surface area contributed by atoms with Crippen molar-refractivity contribution in [1.82, 2.24) is 0 Å². The smallest absolute Gasteiger partial charge is 0.0280 e. The van der Waals surface area contributed by atoms with E-state index in [0.717, 1.165) is 5.56 Å². The molecule has 0 heterocycles. The van der Waals surface area contributed by atoms with Crippen LogP contribution in [0.15, 0.2) is 30.3 Å². The second-order valence-electron chi connectivity index (χ2n) is 1.49. The third kappa shape index (κ3) is 1.04. The van der Waals surface area contributed by atoms with Crippen LogP contribution in [-0.2, 0) is 0 Å². The molecular weight excluding hydrogens is 84.1 g/mol. The summed E-state index contributed by atoms with van der Waals surface area (Å²) in [5, 5.41) is 0. The summed E-state index contributed by atoms with van der Waals surface area (Å²) in [7, 11) is 0. The molecule has 0 aliphatic heterocycles. The number of rotatable bonds is 0. The van der Waals surface area contributed by atoms with E-state index in [-0.39, 0.29) is 0 Å². The first-order valence-corrected chi connectivity index (χ1v) is 2.26. The molecule has 36 valence electrons. The van der Waals surface area contributed by atoms with Crippen LogP contribution in [0.5, 0.6) is 0 Å². The largest absolute Gasteiger partial charge is 0.0622 e. The summed E-state index contributed by atoms with van der Waals surface area (Å²) in [5.41, 5.74) is 1.08. The van der Waals surface area contributed by atoms with E-state index in [9.17, 15) is 0 Å². The summed E-state index contributed by atoms with van der Waals surface area (Å²) in [6.45, 7) is 0.390.